The Morgan fingerprint density at radius 3 is 2.48 bits per heavy atom. The van der Waals surface area contributed by atoms with E-state index in [4.69, 9.17) is 4.74 Å². The molecular weight excluding hydrogens is 386 g/mol. The summed E-state index contributed by atoms with van der Waals surface area (Å²) in [6, 6.07) is 27.5. The van der Waals surface area contributed by atoms with Crippen molar-refractivity contribution in [2.24, 2.45) is 0 Å². The van der Waals surface area contributed by atoms with E-state index in [1.54, 1.807) is 12.1 Å². The van der Waals surface area contributed by atoms with Crippen molar-refractivity contribution in [1.29, 1.82) is 0 Å². The fourth-order valence-corrected chi connectivity index (χ4v) is 4.08. The van der Waals surface area contributed by atoms with Gasteiger partial charge in [0.2, 0.25) is 0 Å². The van der Waals surface area contributed by atoms with Gasteiger partial charge in [0.1, 0.15) is 5.75 Å². The number of hydrogen-bond acceptors (Lipinski definition) is 3. The van der Waals surface area contributed by atoms with E-state index < -0.39 is 0 Å². The van der Waals surface area contributed by atoms with Gasteiger partial charge in [-0.25, -0.2) is 4.79 Å². The first-order valence-corrected chi connectivity index (χ1v) is 10.1. The zero-order valence-electron chi connectivity index (χ0n) is 17.1. The number of fused-ring (bicyclic) bond motifs is 2. The summed E-state index contributed by atoms with van der Waals surface area (Å²) in [5, 5.41) is 12.8. The van der Waals surface area contributed by atoms with Crippen molar-refractivity contribution < 1.29 is 14.6 Å². The van der Waals surface area contributed by atoms with Crippen LogP contribution < -0.4 is 0 Å². The van der Waals surface area contributed by atoms with Gasteiger partial charge in [-0.05, 0) is 58.3 Å². The van der Waals surface area contributed by atoms with E-state index in [1.165, 1.54) is 12.7 Å². The minimum Gasteiger partial charge on any atom is -0.508 e. The maximum absolute atomic E-state index is 12.2. The molecule has 1 heterocycles. The number of hydrogen-bond donors (Lipinski definition) is 1. The van der Waals surface area contributed by atoms with Gasteiger partial charge >= 0.3 is 5.97 Å². The average molecular weight is 407 g/mol. The smallest absolute Gasteiger partial charge is 0.337 e. The van der Waals surface area contributed by atoms with E-state index in [2.05, 4.69) is 29.0 Å². The monoisotopic (exact) mass is 407 g/mol. The molecule has 5 aromatic rings. The summed E-state index contributed by atoms with van der Waals surface area (Å²) in [6.07, 6.45) is 2.14. The lowest BCUT2D eigenvalue weighted by Crippen LogP contribution is -2.01. The average Bonchev–Trinajstić information content (AvgIpc) is 3.16. The first kappa shape index (κ1) is 18.9. The number of aromatic nitrogens is 1. The van der Waals surface area contributed by atoms with Crippen LogP contribution in [0.4, 0.5) is 0 Å². The van der Waals surface area contributed by atoms with Crippen LogP contribution in [0.1, 0.15) is 15.9 Å². The van der Waals surface area contributed by atoms with Gasteiger partial charge in [0, 0.05) is 29.2 Å². The zero-order valence-corrected chi connectivity index (χ0v) is 17.1. The van der Waals surface area contributed by atoms with Crippen LogP contribution in [0.25, 0.3) is 32.8 Å². The summed E-state index contributed by atoms with van der Waals surface area (Å²) in [5.41, 5.74) is 4.89. The molecule has 4 nitrogen and oxygen atoms in total. The number of carbonyl (C=O) groups is 1. The molecule has 0 saturated heterocycles. The van der Waals surface area contributed by atoms with Gasteiger partial charge in [0.25, 0.3) is 0 Å². The predicted molar refractivity (Wildman–Crippen MR) is 123 cm³/mol. The number of rotatable bonds is 4. The van der Waals surface area contributed by atoms with Crippen molar-refractivity contribution in [3.05, 3.63) is 102 Å². The van der Waals surface area contributed by atoms with E-state index in [0.29, 0.717) is 5.56 Å². The summed E-state index contributed by atoms with van der Waals surface area (Å²) >= 11 is 0. The number of aromatic hydroxyl groups is 1. The summed E-state index contributed by atoms with van der Waals surface area (Å²) in [7, 11) is 1.40. The summed E-state index contributed by atoms with van der Waals surface area (Å²) < 4.78 is 7.14. The first-order valence-electron chi connectivity index (χ1n) is 10.1. The number of esters is 1. The van der Waals surface area contributed by atoms with Crippen LogP contribution in [-0.4, -0.2) is 22.8 Å². The molecule has 31 heavy (non-hydrogen) atoms. The Morgan fingerprint density at radius 2 is 1.68 bits per heavy atom. The Kier molecular flexibility index (Phi) is 4.68. The van der Waals surface area contributed by atoms with Gasteiger partial charge < -0.3 is 14.4 Å². The molecule has 1 aromatic heterocycles. The van der Waals surface area contributed by atoms with E-state index >= 15 is 0 Å². The highest BCUT2D eigenvalue weighted by Crippen LogP contribution is 2.34. The maximum atomic E-state index is 12.2. The van der Waals surface area contributed by atoms with Crippen molar-refractivity contribution >= 4 is 27.6 Å². The summed E-state index contributed by atoms with van der Waals surface area (Å²) in [6.45, 7) is 0.733. The number of phenolic OH excluding ortho intramolecular Hbond substituents is 1. The number of ether oxygens (including phenoxy) is 1. The Balaban J connectivity index is 1.70. The highest BCUT2D eigenvalue weighted by atomic mass is 16.5. The SMILES string of the molecule is COC(=O)c1ccc2c(c1)c(-c1ccc3cc(O)ccc3c1)cn2Cc1ccccc1. The van der Waals surface area contributed by atoms with Crippen molar-refractivity contribution in [3.8, 4) is 16.9 Å². The number of carbonyl (C=O) groups excluding carboxylic acids is 1. The minimum absolute atomic E-state index is 0.252. The fourth-order valence-electron chi connectivity index (χ4n) is 4.08. The van der Waals surface area contributed by atoms with E-state index in [0.717, 1.165) is 39.3 Å². The molecule has 5 rings (SSSR count). The van der Waals surface area contributed by atoms with E-state index in [-0.39, 0.29) is 11.7 Å². The van der Waals surface area contributed by atoms with Gasteiger partial charge in [0.15, 0.2) is 0 Å². The second-order valence-corrected chi connectivity index (χ2v) is 7.63. The van der Waals surface area contributed by atoms with E-state index in [1.807, 2.05) is 54.6 Å². The second kappa shape index (κ2) is 7.65. The molecule has 0 aliphatic carbocycles. The van der Waals surface area contributed by atoms with Crippen molar-refractivity contribution in [2.75, 3.05) is 7.11 Å². The highest BCUT2D eigenvalue weighted by Gasteiger charge is 2.15. The molecule has 0 bridgehead atoms. The lowest BCUT2D eigenvalue weighted by Gasteiger charge is -2.06. The van der Waals surface area contributed by atoms with Gasteiger partial charge in [-0.3, -0.25) is 0 Å². The third-order valence-corrected chi connectivity index (χ3v) is 5.63. The summed E-state index contributed by atoms with van der Waals surface area (Å²) in [4.78, 5) is 12.2. The topological polar surface area (TPSA) is 51.5 Å². The van der Waals surface area contributed by atoms with Crippen LogP contribution in [0.5, 0.6) is 5.75 Å². The molecular formula is C27H21NO3. The van der Waals surface area contributed by atoms with Gasteiger partial charge in [-0.2, -0.15) is 0 Å². The van der Waals surface area contributed by atoms with Gasteiger partial charge in [-0.1, -0.05) is 48.5 Å². The Bertz CT molecular complexity index is 1420. The van der Waals surface area contributed by atoms with E-state index in [9.17, 15) is 9.90 Å². The Morgan fingerprint density at radius 1 is 0.903 bits per heavy atom. The molecule has 0 atom stereocenters. The lowest BCUT2D eigenvalue weighted by molar-refractivity contribution is 0.0601. The maximum Gasteiger partial charge on any atom is 0.337 e. The molecule has 0 saturated carbocycles. The molecule has 0 fully saturated rings. The van der Waals surface area contributed by atoms with Gasteiger partial charge in [0.05, 0.1) is 12.7 Å². The predicted octanol–water partition coefficient (Wildman–Crippen LogP) is 6.00. The normalized spacial score (nSPS) is 11.1. The van der Waals surface area contributed by atoms with Crippen LogP contribution in [-0.2, 0) is 11.3 Å². The number of phenols is 1. The van der Waals surface area contributed by atoms with Crippen LogP contribution in [0.15, 0.2) is 91.1 Å². The highest BCUT2D eigenvalue weighted by molar-refractivity contribution is 6.02. The fraction of sp³-hybridized carbons (Fsp3) is 0.0741. The largest absolute Gasteiger partial charge is 0.508 e. The molecule has 1 N–H and O–H groups in total. The van der Waals surface area contributed by atoms with Crippen LogP contribution in [0, 0.1) is 0 Å². The lowest BCUT2D eigenvalue weighted by atomic mass is 10.00. The zero-order chi connectivity index (χ0) is 21.4. The number of methoxy groups -OCH3 is 1. The molecule has 0 spiro atoms. The van der Waals surface area contributed by atoms with Crippen LogP contribution >= 0.6 is 0 Å². The van der Waals surface area contributed by atoms with Crippen molar-refractivity contribution in [1.82, 2.24) is 4.57 Å². The molecule has 0 aliphatic rings. The standard InChI is InChI=1S/C27H21NO3/c1-31-27(30)22-10-12-26-24(15-22)25(17-28(26)16-18-5-3-2-4-6-18)21-8-7-20-14-23(29)11-9-19(20)13-21/h2-15,17,29H,16H2,1H3. The molecule has 0 radical (unpaired) electrons. The van der Waals surface area contributed by atoms with Crippen molar-refractivity contribution in [3.63, 3.8) is 0 Å². The first-order chi connectivity index (χ1) is 15.1. The minimum atomic E-state index is -0.349. The van der Waals surface area contributed by atoms with Crippen LogP contribution in [0.3, 0.4) is 0 Å². The quantitative estimate of drug-likeness (QED) is 0.372. The molecule has 0 aliphatic heterocycles. The number of nitrogens with zero attached hydrogens (tertiary/aromatic N) is 1. The van der Waals surface area contributed by atoms with Gasteiger partial charge in [-0.15, -0.1) is 0 Å². The Labute approximate surface area is 179 Å². The summed E-state index contributed by atoms with van der Waals surface area (Å²) in [5.74, 6) is -0.0971. The third kappa shape index (κ3) is 3.53. The van der Waals surface area contributed by atoms with Crippen LogP contribution in [0.2, 0.25) is 0 Å². The number of benzene rings is 4. The molecule has 0 unspecified atom stereocenters. The molecule has 4 heteroatoms. The van der Waals surface area contributed by atoms with Crippen molar-refractivity contribution in [2.45, 2.75) is 6.54 Å². The molecule has 4 aromatic carbocycles. The third-order valence-electron chi connectivity index (χ3n) is 5.63. The molecule has 0 amide bonds. The Hall–Kier alpha value is -4.05. The second-order valence-electron chi connectivity index (χ2n) is 7.63. The molecule has 152 valence electrons.